The van der Waals surface area contributed by atoms with E-state index in [1.165, 1.54) is 379 Å². The van der Waals surface area contributed by atoms with Crippen molar-refractivity contribution in [1.29, 1.82) is 0 Å². The normalized spacial score (nSPS) is 12.6. The lowest BCUT2D eigenvalue weighted by atomic mass is 10.0. The Morgan fingerprint density at radius 2 is 0.575 bits per heavy atom. The van der Waals surface area contributed by atoms with Crippen LogP contribution in [-0.4, -0.2) is 47.4 Å². The Hall–Kier alpha value is -1.66. The molecule has 0 spiro atoms. The first-order chi connectivity index (χ1) is 43.0. The molecule has 0 aliphatic heterocycles. The number of nitrogens with one attached hydrogen (secondary N) is 1. The first-order valence-electron chi connectivity index (χ1n) is 40.1. The van der Waals surface area contributed by atoms with E-state index in [4.69, 9.17) is 4.74 Å². The molecule has 0 saturated heterocycles. The van der Waals surface area contributed by atoms with E-state index >= 15 is 0 Å². The van der Waals surface area contributed by atoms with Gasteiger partial charge in [-0.1, -0.05) is 411 Å². The lowest BCUT2D eigenvalue weighted by Gasteiger charge is -2.22. The molecule has 0 rings (SSSR count). The molecule has 2 atom stereocenters. The van der Waals surface area contributed by atoms with Gasteiger partial charge in [0.15, 0.2) is 0 Å². The van der Waals surface area contributed by atoms with E-state index < -0.39 is 12.1 Å². The van der Waals surface area contributed by atoms with Crippen molar-refractivity contribution in [3.05, 3.63) is 24.3 Å². The molecule has 0 heterocycles. The zero-order chi connectivity index (χ0) is 62.8. The molecule has 0 aliphatic carbocycles. The number of carbonyl (C=O) groups is 2. The number of hydrogen-bond acceptors (Lipinski definition) is 5. The molecular weight excluding hydrogens is 1070 g/mol. The Labute approximate surface area is 545 Å². The molecule has 0 bridgehead atoms. The van der Waals surface area contributed by atoms with Gasteiger partial charge in [-0.3, -0.25) is 9.59 Å². The Bertz CT molecular complexity index is 1360. The van der Waals surface area contributed by atoms with Crippen LogP contribution in [0.2, 0.25) is 0 Å². The van der Waals surface area contributed by atoms with Crippen molar-refractivity contribution in [1.82, 2.24) is 5.32 Å². The van der Waals surface area contributed by atoms with E-state index in [9.17, 15) is 19.8 Å². The fourth-order valence-corrected chi connectivity index (χ4v) is 12.9. The van der Waals surface area contributed by atoms with Crippen molar-refractivity contribution >= 4 is 11.9 Å². The molecule has 0 radical (unpaired) electrons. The van der Waals surface area contributed by atoms with Crippen molar-refractivity contribution in [2.24, 2.45) is 0 Å². The largest absolute Gasteiger partial charge is 0.466 e. The van der Waals surface area contributed by atoms with Crippen molar-refractivity contribution in [3.8, 4) is 0 Å². The summed E-state index contributed by atoms with van der Waals surface area (Å²) in [4.78, 5) is 24.6. The maximum atomic E-state index is 12.6. The van der Waals surface area contributed by atoms with Crippen LogP contribution in [0.5, 0.6) is 0 Å². The number of esters is 1. The minimum Gasteiger partial charge on any atom is -0.466 e. The highest BCUT2D eigenvalue weighted by Gasteiger charge is 2.20. The Morgan fingerprint density at radius 1 is 0.322 bits per heavy atom. The molecule has 0 aromatic carbocycles. The van der Waals surface area contributed by atoms with Crippen LogP contribution >= 0.6 is 0 Å². The van der Waals surface area contributed by atoms with Crippen LogP contribution in [-0.2, 0) is 14.3 Å². The summed E-state index contributed by atoms with van der Waals surface area (Å²) in [6, 6.07) is -0.540. The van der Waals surface area contributed by atoms with E-state index in [0.717, 1.165) is 44.9 Å². The van der Waals surface area contributed by atoms with Gasteiger partial charge in [-0.05, 0) is 57.8 Å². The standard InChI is InChI=1S/C81H157NO5/c1-3-5-7-9-11-13-15-16-17-18-19-20-38-41-44-47-50-54-57-61-65-69-73-79(84)78(77-83)82-80(85)74-70-66-62-58-55-51-48-45-42-39-36-34-32-30-28-26-24-22-21-23-25-27-29-31-33-35-37-40-43-46-49-52-56-60-64-68-72-76-87-81(86)75-71-67-63-59-53-14-12-10-8-6-4-2/h21,23,27,29,78-79,83-84H,3-20,22,24-26,28,30-77H2,1-2H3,(H,82,85)/b23-21-,29-27-. The van der Waals surface area contributed by atoms with Crippen LogP contribution in [0.4, 0.5) is 0 Å². The smallest absolute Gasteiger partial charge is 0.305 e. The molecule has 6 heteroatoms. The number of unbranched alkanes of at least 4 members (excludes halogenated alkanes) is 61. The third-order valence-electron chi connectivity index (χ3n) is 19.0. The summed E-state index contributed by atoms with van der Waals surface area (Å²) in [5, 5.41) is 23.5. The second-order valence-electron chi connectivity index (χ2n) is 27.8. The van der Waals surface area contributed by atoms with Gasteiger partial charge in [0, 0.05) is 12.8 Å². The number of aliphatic hydroxyl groups excluding tert-OH is 2. The van der Waals surface area contributed by atoms with Gasteiger partial charge in [-0.2, -0.15) is 0 Å². The molecule has 0 saturated carbocycles. The van der Waals surface area contributed by atoms with Gasteiger partial charge in [0.25, 0.3) is 0 Å². The summed E-state index contributed by atoms with van der Waals surface area (Å²) >= 11 is 0. The Kier molecular flexibility index (Phi) is 75.3. The highest BCUT2D eigenvalue weighted by Crippen LogP contribution is 2.20. The number of ether oxygens (including phenoxy) is 1. The average molecular weight is 1230 g/mol. The fourth-order valence-electron chi connectivity index (χ4n) is 12.9. The number of amides is 1. The third-order valence-corrected chi connectivity index (χ3v) is 19.0. The van der Waals surface area contributed by atoms with Crippen molar-refractivity contribution in [2.75, 3.05) is 13.2 Å². The summed E-state index contributed by atoms with van der Waals surface area (Å²) in [5.74, 6) is -0.00735. The predicted molar refractivity (Wildman–Crippen MR) is 384 cm³/mol. The van der Waals surface area contributed by atoms with Gasteiger partial charge < -0.3 is 20.3 Å². The van der Waals surface area contributed by atoms with Gasteiger partial charge in [-0.15, -0.1) is 0 Å². The molecule has 0 aromatic heterocycles. The first-order valence-corrected chi connectivity index (χ1v) is 40.1. The molecule has 3 N–H and O–H groups in total. The van der Waals surface area contributed by atoms with Crippen LogP contribution in [0.15, 0.2) is 24.3 Å². The molecule has 0 aromatic rings. The van der Waals surface area contributed by atoms with Gasteiger partial charge in [0.2, 0.25) is 5.91 Å². The van der Waals surface area contributed by atoms with Crippen molar-refractivity contribution in [3.63, 3.8) is 0 Å². The minimum absolute atomic E-state index is 0.0193. The van der Waals surface area contributed by atoms with Gasteiger partial charge >= 0.3 is 5.97 Å². The quantitative estimate of drug-likeness (QED) is 0.0320. The fraction of sp³-hybridized carbons (Fsp3) is 0.926. The molecule has 516 valence electrons. The zero-order valence-electron chi connectivity index (χ0n) is 59.3. The zero-order valence-corrected chi connectivity index (χ0v) is 59.3. The van der Waals surface area contributed by atoms with Gasteiger partial charge in [-0.25, -0.2) is 0 Å². The number of rotatable bonds is 76. The van der Waals surface area contributed by atoms with Crippen LogP contribution in [0.1, 0.15) is 457 Å². The third kappa shape index (κ3) is 73.3. The lowest BCUT2D eigenvalue weighted by molar-refractivity contribution is -0.143. The van der Waals surface area contributed by atoms with Crippen molar-refractivity contribution in [2.45, 2.75) is 469 Å². The van der Waals surface area contributed by atoms with Crippen LogP contribution in [0, 0.1) is 0 Å². The summed E-state index contributed by atoms with van der Waals surface area (Å²) in [6.07, 6.45) is 98.5. The van der Waals surface area contributed by atoms with E-state index in [0.29, 0.717) is 25.9 Å². The van der Waals surface area contributed by atoms with E-state index in [-0.39, 0.29) is 18.5 Å². The highest BCUT2D eigenvalue weighted by molar-refractivity contribution is 5.76. The maximum absolute atomic E-state index is 12.6. The lowest BCUT2D eigenvalue weighted by Crippen LogP contribution is -2.45. The maximum Gasteiger partial charge on any atom is 0.305 e. The monoisotopic (exact) mass is 1220 g/mol. The van der Waals surface area contributed by atoms with Crippen LogP contribution < -0.4 is 5.32 Å². The number of aliphatic hydroxyl groups is 2. The molecule has 87 heavy (non-hydrogen) atoms. The van der Waals surface area contributed by atoms with E-state index in [2.05, 4.69) is 43.5 Å². The Balaban J connectivity index is 3.36. The topological polar surface area (TPSA) is 95.9 Å². The number of carbonyl (C=O) groups excluding carboxylic acids is 2. The number of hydrogen-bond donors (Lipinski definition) is 3. The molecule has 1 amide bonds. The molecular formula is C81H157NO5. The Morgan fingerprint density at radius 3 is 0.874 bits per heavy atom. The highest BCUT2D eigenvalue weighted by atomic mass is 16.5. The van der Waals surface area contributed by atoms with E-state index in [1.807, 2.05) is 0 Å². The predicted octanol–water partition coefficient (Wildman–Crippen LogP) is 26.4. The second kappa shape index (κ2) is 76.8. The number of allylic oxidation sites excluding steroid dienone is 4. The minimum atomic E-state index is -0.663. The SMILES string of the molecule is CCCCCCCCCCCCCCCCCCCCCCCCC(O)C(CO)NC(=O)CCCCCCCCCCCCCCCCCCC/C=C\C/C=C\CCCCCCCCCCCCCCCOC(=O)CCCCCCCCCCCCC. The van der Waals surface area contributed by atoms with Crippen molar-refractivity contribution < 1.29 is 24.5 Å². The summed E-state index contributed by atoms with van der Waals surface area (Å²) in [7, 11) is 0. The average Bonchev–Trinajstić information content (AvgIpc) is 3.52. The molecule has 0 fully saturated rings. The van der Waals surface area contributed by atoms with Crippen LogP contribution in [0.25, 0.3) is 0 Å². The van der Waals surface area contributed by atoms with E-state index in [1.54, 1.807) is 0 Å². The summed E-state index contributed by atoms with van der Waals surface area (Å²) in [6.45, 7) is 5.00. The first kappa shape index (κ1) is 85.3. The second-order valence-corrected chi connectivity index (χ2v) is 27.8. The van der Waals surface area contributed by atoms with Gasteiger partial charge in [0.05, 0.1) is 25.4 Å². The molecule has 6 nitrogen and oxygen atoms in total. The van der Waals surface area contributed by atoms with Gasteiger partial charge in [0.1, 0.15) is 0 Å². The molecule has 2 unspecified atom stereocenters. The molecule has 0 aliphatic rings. The van der Waals surface area contributed by atoms with Crippen LogP contribution in [0.3, 0.4) is 0 Å². The summed E-state index contributed by atoms with van der Waals surface area (Å²) < 4.78 is 5.48. The summed E-state index contributed by atoms with van der Waals surface area (Å²) in [5.41, 5.74) is 0.